The van der Waals surface area contributed by atoms with Crippen LogP contribution in [0.4, 0.5) is 0 Å². The van der Waals surface area contributed by atoms with Gasteiger partial charge < -0.3 is 4.74 Å². The van der Waals surface area contributed by atoms with Crippen LogP contribution in [0.5, 0.6) is 11.5 Å². The third-order valence-electron chi connectivity index (χ3n) is 2.90. The first-order valence-corrected chi connectivity index (χ1v) is 6.16. The first kappa shape index (κ1) is 12.1. The minimum absolute atomic E-state index is 0.326. The van der Waals surface area contributed by atoms with E-state index >= 15 is 0 Å². The van der Waals surface area contributed by atoms with Crippen molar-refractivity contribution in [1.29, 1.82) is 5.26 Å². The van der Waals surface area contributed by atoms with Crippen LogP contribution in [0.15, 0.2) is 48.7 Å². The van der Waals surface area contributed by atoms with Crippen LogP contribution in [0.25, 0.3) is 10.9 Å². The van der Waals surface area contributed by atoms with Gasteiger partial charge in [0.05, 0.1) is 0 Å². The molecule has 0 N–H and O–H groups in total. The fourth-order valence-corrected chi connectivity index (χ4v) is 1.96. The summed E-state index contributed by atoms with van der Waals surface area (Å²) >= 11 is 0. The number of nitriles is 1. The van der Waals surface area contributed by atoms with Crippen LogP contribution in [0.3, 0.4) is 0 Å². The second-order valence-corrected chi connectivity index (χ2v) is 4.37. The molecule has 3 aromatic rings. The Labute approximate surface area is 116 Å². The zero-order valence-corrected chi connectivity index (χ0v) is 10.9. The Kier molecular flexibility index (Phi) is 3.02. The molecule has 0 amide bonds. The van der Waals surface area contributed by atoms with Crippen molar-refractivity contribution in [1.82, 2.24) is 9.97 Å². The molecule has 4 nitrogen and oxygen atoms in total. The van der Waals surface area contributed by atoms with Gasteiger partial charge in [0.2, 0.25) is 0 Å². The van der Waals surface area contributed by atoms with Gasteiger partial charge in [-0.15, -0.1) is 0 Å². The smallest absolute Gasteiger partial charge is 0.153 e. The highest BCUT2D eigenvalue weighted by Gasteiger charge is 2.06. The normalized spacial score (nSPS) is 10.2. The Morgan fingerprint density at radius 3 is 2.90 bits per heavy atom. The Hall–Kier alpha value is -2.93. The van der Waals surface area contributed by atoms with Gasteiger partial charge in [0.25, 0.3) is 0 Å². The van der Waals surface area contributed by atoms with E-state index < -0.39 is 0 Å². The third-order valence-corrected chi connectivity index (χ3v) is 2.90. The van der Waals surface area contributed by atoms with Crippen LogP contribution in [0.1, 0.15) is 11.4 Å². The van der Waals surface area contributed by atoms with E-state index in [0.29, 0.717) is 17.2 Å². The molecule has 2 heterocycles. The van der Waals surface area contributed by atoms with Crippen molar-refractivity contribution in [2.75, 3.05) is 0 Å². The maximum Gasteiger partial charge on any atom is 0.153 e. The second kappa shape index (κ2) is 4.98. The Morgan fingerprint density at radius 1 is 1.15 bits per heavy atom. The van der Waals surface area contributed by atoms with Gasteiger partial charge in [-0.1, -0.05) is 18.2 Å². The van der Waals surface area contributed by atoms with E-state index in [4.69, 9.17) is 10.00 Å². The number of aryl methyl sites for hydroxylation is 1. The van der Waals surface area contributed by atoms with Crippen molar-refractivity contribution in [3.05, 3.63) is 60.0 Å². The van der Waals surface area contributed by atoms with Gasteiger partial charge in [0.15, 0.2) is 5.75 Å². The minimum Gasteiger partial charge on any atom is -0.455 e. The number of hydrogen-bond donors (Lipinski definition) is 0. The number of benzene rings is 1. The molecule has 0 aliphatic heterocycles. The van der Waals surface area contributed by atoms with Gasteiger partial charge in [-0.2, -0.15) is 5.26 Å². The quantitative estimate of drug-likeness (QED) is 0.707. The summed E-state index contributed by atoms with van der Waals surface area (Å²) < 4.78 is 5.84. The number of para-hydroxylation sites is 1. The molecule has 0 bridgehead atoms. The maximum absolute atomic E-state index is 8.86. The summed E-state index contributed by atoms with van der Waals surface area (Å²) in [6.45, 7) is 1.94. The number of fused-ring (bicyclic) bond motifs is 1. The summed E-state index contributed by atoms with van der Waals surface area (Å²) in [4.78, 5) is 8.43. The van der Waals surface area contributed by atoms with E-state index in [1.165, 1.54) is 0 Å². The summed E-state index contributed by atoms with van der Waals surface area (Å²) in [5, 5.41) is 9.87. The lowest BCUT2D eigenvalue weighted by Gasteiger charge is -2.08. The molecule has 3 rings (SSSR count). The van der Waals surface area contributed by atoms with Crippen LogP contribution in [0, 0.1) is 18.3 Å². The molecule has 0 spiro atoms. The van der Waals surface area contributed by atoms with Crippen LogP contribution >= 0.6 is 0 Å². The highest BCUT2D eigenvalue weighted by molar-refractivity contribution is 5.84. The summed E-state index contributed by atoms with van der Waals surface area (Å²) in [5.41, 5.74) is 2.07. The van der Waals surface area contributed by atoms with Crippen LogP contribution in [-0.2, 0) is 0 Å². The van der Waals surface area contributed by atoms with E-state index in [1.807, 2.05) is 43.3 Å². The zero-order chi connectivity index (χ0) is 13.9. The number of ether oxygens (including phenoxy) is 1. The van der Waals surface area contributed by atoms with E-state index in [1.54, 1.807) is 18.3 Å². The fourth-order valence-electron chi connectivity index (χ4n) is 1.96. The van der Waals surface area contributed by atoms with E-state index in [0.717, 1.165) is 16.6 Å². The first-order chi connectivity index (χ1) is 9.76. The molecule has 0 saturated heterocycles. The third kappa shape index (κ3) is 2.29. The molecule has 0 atom stereocenters. The average Bonchev–Trinajstić information content (AvgIpc) is 2.48. The molecular weight excluding hydrogens is 250 g/mol. The van der Waals surface area contributed by atoms with Crippen LogP contribution in [-0.4, -0.2) is 9.97 Å². The van der Waals surface area contributed by atoms with E-state index in [2.05, 4.69) is 9.97 Å². The van der Waals surface area contributed by atoms with Gasteiger partial charge in [0.1, 0.15) is 23.0 Å². The number of rotatable bonds is 2. The van der Waals surface area contributed by atoms with Crippen molar-refractivity contribution in [3.8, 4) is 17.6 Å². The predicted molar refractivity (Wildman–Crippen MR) is 75.5 cm³/mol. The maximum atomic E-state index is 8.86. The van der Waals surface area contributed by atoms with Gasteiger partial charge in [-0.05, 0) is 25.1 Å². The van der Waals surface area contributed by atoms with E-state index in [-0.39, 0.29) is 0 Å². The van der Waals surface area contributed by atoms with Crippen molar-refractivity contribution >= 4 is 10.9 Å². The lowest BCUT2D eigenvalue weighted by molar-refractivity contribution is 0.486. The number of aromatic nitrogens is 2. The number of nitrogens with zero attached hydrogens (tertiary/aromatic N) is 3. The highest BCUT2D eigenvalue weighted by atomic mass is 16.5. The molecule has 0 aliphatic carbocycles. The fraction of sp³-hybridized carbons (Fsp3) is 0.0625. The summed E-state index contributed by atoms with van der Waals surface area (Å²) in [6.07, 6.45) is 1.55. The molecule has 0 fully saturated rings. The first-order valence-electron chi connectivity index (χ1n) is 6.16. The average molecular weight is 261 g/mol. The number of pyridine rings is 2. The van der Waals surface area contributed by atoms with Crippen molar-refractivity contribution in [2.24, 2.45) is 0 Å². The molecule has 96 valence electrons. The molecular formula is C16H11N3O. The van der Waals surface area contributed by atoms with Gasteiger partial charge in [0, 0.05) is 23.3 Å². The molecule has 1 aromatic carbocycles. The van der Waals surface area contributed by atoms with Crippen molar-refractivity contribution < 1.29 is 4.74 Å². The molecule has 2 aromatic heterocycles. The standard InChI is InChI=1S/C16H11N3O/c1-11-5-6-12-3-2-4-15(16(12)19-11)20-14-7-8-18-13(9-14)10-17/h2-9H,1H3. The molecule has 0 unspecified atom stereocenters. The highest BCUT2D eigenvalue weighted by Crippen LogP contribution is 2.28. The Balaban J connectivity index is 2.06. The summed E-state index contributed by atoms with van der Waals surface area (Å²) in [5.74, 6) is 1.24. The molecule has 20 heavy (non-hydrogen) atoms. The molecule has 0 aliphatic rings. The van der Waals surface area contributed by atoms with Crippen molar-refractivity contribution in [3.63, 3.8) is 0 Å². The molecule has 0 radical (unpaired) electrons. The van der Waals surface area contributed by atoms with E-state index in [9.17, 15) is 0 Å². The molecule has 0 saturated carbocycles. The monoisotopic (exact) mass is 261 g/mol. The Morgan fingerprint density at radius 2 is 2.05 bits per heavy atom. The lowest BCUT2D eigenvalue weighted by atomic mass is 10.2. The lowest BCUT2D eigenvalue weighted by Crippen LogP contribution is -1.91. The van der Waals surface area contributed by atoms with Crippen LogP contribution < -0.4 is 4.74 Å². The van der Waals surface area contributed by atoms with Gasteiger partial charge >= 0.3 is 0 Å². The van der Waals surface area contributed by atoms with Crippen LogP contribution in [0.2, 0.25) is 0 Å². The number of hydrogen-bond acceptors (Lipinski definition) is 4. The second-order valence-electron chi connectivity index (χ2n) is 4.37. The SMILES string of the molecule is Cc1ccc2cccc(Oc3ccnc(C#N)c3)c2n1. The topological polar surface area (TPSA) is 58.8 Å². The van der Waals surface area contributed by atoms with Crippen molar-refractivity contribution in [2.45, 2.75) is 6.92 Å². The largest absolute Gasteiger partial charge is 0.455 e. The van der Waals surface area contributed by atoms with Gasteiger partial charge in [-0.25, -0.2) is 9.97 Å². The van der Waals surface area contributed by atoms with Gasteiger partial charge in [-0.3, -0.25) is 0 Å². The minimum atomic E-state index is 0.326. The summed E-state index contributed by atoms with van der Waals surface area (Å²) in [6, 6.07) is 15.1. The Bertz CT molecular complexity index is 821. The predicted octanol–water partition coefficient (Wildman–Crippen LogP) is 3.60. The molecule has 4 heteroatoms. The zero-order valence-electron chi connectivity index (χ0n) is 10.9. The summed E-state index contributed by atoms with van der Waals surface area (Å²) in [7, 11) is 0.